The minimum absolute atomic E-state index is 0.0819. The second-order valence-corrected chi connectivity index (χ2v) is 8.66. The number of alkyl carbamates (subject to hydrolysis) is 1. The molecule has 0 heterocycles. The van der Waals surface area contributed by atoms with Crippen molar-refractivity contribution in [3.05, 3.63) is 69.7 Å². The van der Waals surface area contributed by atoms with E-state index in [1.165, 1.54) is 6.07 Å². The van der Waals surface area contributed by atoms with Crippen molar-refractivity contribution in [1.82, 2.24) is 10.6 Å². The van der Waals surface area contributed by atoms with Crippen molar-refractivity contribution in [1.29, 1.82) is 0 Å². The number of carbonyl (C=O) groups is 2. The summed E-state index contributed by atoms with van der Waals surface area (Å²) in [6.45, 7) is 5.14. The molecule has 2 aromatic carbocycles. The molecule has 6 nitrogen and oxygen atoms in total. The average Bonchev–Trinajstić information content (AvgIpc) is 2.64. The van der Waals surface area contributed by atoms with Gasteiger partial charge in [-0.25, -0.2) is 4.79 Å². The molecule has 3 N–H and O–H groups in total. The maximum atomic E-state index is 12.8. The Labute approximate surface area is 186 Å². The molecule has 0 fully saturated rings. The number of benzene rings is 2. The van der Waals surface area contributed by atoms with Gasteiger partial charge >= 0.3 is 6.09 Å². The zero-order valence-corrected chi connectivity index (χ0v) is 18.6. The van der Waals surface area contributed by atoms with E-state index in [9.17, 15) is 14.7 Å². The standard InChI is InChI=1S/C22H26Cl2N2O4/c1-22(2,3)30-21(29)26-18(11-14-7-5-4-6-8-14)20(28)25-13-19(27)16-10-9-15(23)12-17(16)24/h4-10,12,18-19,27H,11,13H2,1-3H3,(H,25,28)(H,26,29). The molecule has 2 aromatic rings. The van der Waals surface area contributed by atoms with Gasteiger partial charge in [-0.15, -0.1) is 0 Å². The van der Waals surface area contributed by atoms with Crippen LogP contribution in [-0.4, -0.2) is 35.3 Å². The number of carbonyl (C=O) groups excluding carboxylic acids is 2. The first-order chi connectivity index (χ1) is 14.0. The number of aliphatic hydroxyl groups is 1. The van der Waals surface area contributed by atoms with Gasteiger partial charge in [0.25, 0.3) is 0 Å². The molecule has 0 radical (unpaired) electrons. The summed E-state index contributed by atoms with van der Waals surface area (Å²) in [6, 6.07) is 13.1. The molecule has 2 rings (SSSR count). The lowest BCUT2D eigenvalue weighted by atomic mass is 10.0. The smallest absolute Gasteiger partial charge is 0.408 e. The van der Waals surface area contributed by atoms with Crippen LogP contribution in [0.15, 0.2) is 48.5 Å². The molecule has 0 aliphatic heterocycles. The predicted molar refractivity (Wildman–Crippen MR) is 118 cm³/mol. The number of halogens is 2. The van der Waals surface area contributed by atoms with Crippen molar-refractivity contribution < 1.29 is 19.4 Å². The van der Waals surface area contributed by atoms with E-state index in [0.29, 0.717) is 15.6 Å². The zero-order valence-electron chi connectivity index (χ0n) is 17.1. The van der Waals surface area contributed by atoms with Crippen molar-refractivity contribution in [3.63, 3.8) is 0 Å². The first-order valence-electron chi connectivity index (χ1n) is 9.49. The summed E-state index contributed by atoms with van der Waals surface area (Å²) in [4.78, 5) is 25.0. The molecule has 0 aliphatic rings. The molecular formula is C22H26Cl2N2O4. The third-order valence-electron chi connectivity index (χ3n) is 4.08. The lowest BCUT2D eigenvalue weighted by Crippen LogP contribution is -2.50. The van der Waals surface area contributed by atoms with E-state index >= 15 is 0 Å². The second-order valence-electron chi connectivity index (χ2n) is 7.82. The highest BCUT2D eigenvalue weighted by molar-refractivity contribution is 6.35. The van der Waals surface area contributed by atoms with Crippen molar-refractivity contribution in [2.75, 3.05) is 6.54 Å². The molecule has 0 saturated heterocycles. The Morgan fingerprint density at radius 1 is 1.10 bits per heavy atom. The van der Waals surface area contributed by atoms with Crippen molar-refractivity contribution >= 4 is 35.2 Å². The minimum atomic E-state index is -1.03. The van der Waals surface area contributed by atoms with Gasteiger partial charge in [-0.2, -0.15) is 0 Å². The Morgan fingerprint density at radius 2 is 1.77 bits per heavy atom. The first-order valence-corrected chi connectivity index (χ1v) is 10.2. The topological polar surface area (TPSA) is 87.7 Å². The molecule has 2 amide bonds. The maximum Gasteiger partial charge on any atom is 0.408 e. The van der Waals surface area contributed by atoms with Crippen LogP contribution in [0.4, 0.5) is 4.79 Å². The summed E-state index contributed by atoms with van der Waals surface area (Å²) >= 11 is 12.0. The molecular weight excluding hydrogens is 427 g/mol. The number of ether oxygens (including phenoxy) is 1. The number of hydrogen-bond acceptors (Lipinski definition) is 4. The SMILES string of the molecule is CC(C)(C)OC(=O)NC(Cc1ccccc1)C(=O)NCC(O)c1ccc(Cl)cc1Cl. The van der Waals surface area contributed by atoms with Gasteiger partial charge in [0.05, 0.1) is 6.10 Å². The molecule has 30 heavy (non-hydrogen) atoms. The van der Waals surface area contributed by atoms with Crippen LogP contribution in [0.3, 0.4) is 0 Å². The fourth-order valence-electron chi connectivity index (χ4n) is 2.71. The van der Waals surface area contributed by atoms with Crippen LogP contribution in [0.25, 0.3) is 0 Å². The fourth-order valence-corrected chi connectivity index (χ4v) is 3.25. The highest BCUT2D eigenvalue weighted by Crippen LogP contribution is 2.26. The van der Waals surface area contributed by atoms with E-state index in [2.05, 4.69) is 10.6 Å². The number of hydrogen-bond donors (Lipinski definition) is 3. The van der Waals surface area contributed by atoms with Gasteiger partial charge in [0.1, 0.15) is 11.6 Å². The van der Waals surface area contributed by atoms with Gasteiger partial charge in [0.15, 0.2) is 0 Å². The van der Waals surface area contributed by atoms with Gasteiger partial charge in [-0.3, -0.25) is 4.79 Å². The third kappa shape index (κ3) is 7.86. The van der Waals surface area contributed by atoms with Gasteiger partial charge in [0.2, 0.25) is 5.91 Å². The van der Waals surface area contributed by atoms with Crippen LogP contribution >= 0.6 is 23.2 Å². The summed E-state index contributed by atoms with van der Waals surface area (Å²) < 4.78 is 5.27. The predicted octanol–water partition coefficient (Wildman–Crippen LogP) is 4.28. The minimum Gasteiger partial charge on any atom is -0.444 e. The van der Waals surface area contributed by atoms with Gasteiger partial charge in [-0.1, -0.05) is 59.6 Å². The molecule has 2 atom stereocenters. The van der Waals surface area contributed by atoms with Crippen LogP contribution < -0.4 is 10.6 Å². The summed E-state index contributed by atoms with van der Waals surface area (Å²) in [7, 11) is 0. The summed E-state index contributed by atoms with van der Waals surface area (Å²) in [6.07, 6.45) is -1.46. The second kappa shape index (κ2) is 10.7. The summed E-state index contributed by atoms with van der Waals surface area (Å²) in [5.74, 6) is -0.450. The summed E-state index contributed by atoms with van der Waals surface area (Å²) in [5.41, 5.74) is 0.621. The Kier molecular flexibility index (Phi) is 8.53. The number of amides is 2. The van der Waals surface area contributed by atoms with Gasteiger partial charge in [0, 0.05) is 28.6 Å². The van der Waals surface area contributed by atoms with Crippen molar-refractivity contribution in [2.24, 2.45) is 0 Å². The van der Waals surface area contributed by atoms with Crippen LogP contribution in [0, 0.1) is 0 Å². The van der Waals surface area contributed by atoms with Crippen LogP contribution in [-0.2, 0) is 16.0 Å². The van der Waals surface area contributed by atoms with Crippen LogP contribution in [0.1, 0.15) is 38.0 Å². The Hall–Kier alpha value is -2.28. The van der Waals surface area contributed by atoms with E-state index in [0.717, 1.165) is 5.56 Å². The Morgan fingerprint density at radius 3 is 2.37 bits per heavy atom. The molecule has 8 heteroatoms. The van der Waals surface area contributed by atoms with Crippen molar-refractivity contribution in [3.8, 4) is 0 Å². The molecule has 0 aliphatic carbocycles. The van der Waals surface area contributed by atoms with E-state index in [1.807, 2.05) is 30.3 Å². The quantitative estimate of drug-likeness (QED) is 0.584. The Balaban J connectivity index is 2.06. The van der Waals surface area contributed by atoms with E-state index in [4.69, 9.17) is 27.9 Å². The summed E-state index contributed by atoms with van der Waals surface area (Å²) in [5, 5.41) is 16.4. The number of rotatable bonds is 7. The van der Waals surface area contributed by atoms with E-state index < -0.39 is 29.7 Å². The zero-order chi connectivity index (χ0) is 22.3. The normalized spacial score (nSPS) is 13.3. The first kappa shape index (κ1) is 24.0. The molecule has 162 valence electrons. The highest BCUT2D eigenvalue weighted by Gasteiger charge is 2.25. The lowest BCUT2D eigenvalue weighted by molar-refractivity contribution is -0.123. The monoisotopic (exact) mass is 452 g/mol. The van der Waals surface area contributed by atoms with Crippen molar-refractivity contribution in [2.45, 2.75) is 44.9 Å². The van der Waals surface area contributed by atoms with Gasteiger partial charge in [-0.05, 0) is 38.5 Å². The lowest BCUT2D eigenvalue weighted by Gasteiger charge is -2.24. The van der Waals surface area contributed by atoms with E-state index in [1.54, 1.807) is 32.9 Å². The maximum absolute atomic E-state index is 12.8. The third-order valence-corrected chi connectivity index (χ3v) is 4.64. The number of nitrogens with one attached hydrogen (secondary N) is 2. The molecule has 0 spiro atoms. The fraction of sp³-hybridized carbons (Fsp3) is 0.364. The highest BCUT2D eigenvalue weighted by atomic mass is 35.5. The van der Waals surface area contributed by atoms with E-state index in [-0.39, 0.29) is 13.0 Å². The van der Waals surface area contributed by atoms with Crippen LogP contribution in [0.5, 0.6) is 0 Å². The largest absolute Gasteiger partial charge is 0.444 e. The molecule has 0 aromatic heterocycles. The average molecular weight is 453 g/mol. The van der Waals surface area contributed by atoms with Crippen LogP contribution in [0.2, 0.25) is 10.0 Å². The Bertz CT molecular complexity index is 869. The molecule has 0 saturated carbocycles. The molecule has 0 bridgehead atoms. The number of aliphatic hydroxyl groups excluding tert-OH is 1. The van der Waals surface area contributed by atoms with Gasteiger partial charge < -0.3 is 20.5 Å². The molecule has 2 unspecified atom stereocenters.